The molecule has 2 fully saturated rings. The van der Waals surface area contributed by atoms with Crippen LogP contribution in [-0.4, -0.2) is 12.1 Å². The van der Waals surface area contributed by atoms with Crippen molar-refractivity contribution in [3.8, 4) is 0 Å². The number of carbonyl (C=O) groups is 1. The summed E-state index contributed by atoms with van der Waals surface area (Å²) in [5.74, 6) is 2.13. The molecule has 104 valence electrons. The normalized spacial score (nSPS) is 41.2. The minimum atomic E-state index is -0.101. The summed E-state index contributed by atoms with van der Waals surface area (Å²) in [7, 11) is 0. The van der Waals surface area contributed by atoms with Gasteiger partial charge in [-0.25, -0.2) is 0 Å². The first kappa shape index (κ1) is 13.9. The minimum absolute atomic E-state index is 0.101. The molecular formula is C16H28O2. The number of hydrogen-bond donors (Lipinski definition) is 0. The van der Waals surface area contributed by atoms with Crippen LogP contribution in [0.4, 0.5) is 0 Å². The van der Waals surface area contributed by atoms with Crippen LogP contribution in [0, 0.1) is 23.2 Å². The van der Waals surface area contributed by atoms with Crippen LogP contribution in [0.3, 0.4) is 0 Å². The first-order chi connectivity index (χ1) is 8.49. The van der Waals surface area contributed by atoms with Crippen molar-refractivity contribution in [1.82, 2.24) is 0 Å². The maximum absolute atomic E-state index is 11.3. The molecule has 0 bridgehead atoms. The number of ether oxygens (including phenoxy) is 1. The molecule has 0 N–H and O–H groups in total. The summed E-state index contributed by atoms with van der Waals surface area (Å²) in [4.78, 5) is 11.3. The number of esters is 1. The predicted octanol–water partition coefficient (Wildman–Crippen LogP) is 4.18. The summed E-state index contributed by atoms with van der Waals surface area (Å²) in [5, 5.41) is 0. The first-order valence-electron chi connectivity index (χ1n) is 7.66. The summed E-state index contributed by atoms with van der Waals surface area (Å²) < 4.78 is 5.59. The van der Waals surface area contributed by atoms with Gasteiger partial charge in [-0.1, -0.05) is 27.2 Å². The highest BCUT2D eigenvalue weighted by Crippen LogP contribution is 2.58. The molecule has 3 unspecified atom stereocenters. The molecule has 2 heteroatoms. The molecule has 0 heterocycles. The lowest BCUT2D eigenvalue weighted by Gasteiger charge is -2.46. The lowest BCUT2D eigenvalue weighted by molar-refractivity contribution is -0.155. The SMILES string of the molecule is CCC(C)C1CCC2[C@@H](OC(C)=O)CCC[C@]12C. The van der Waals surface area contributed by atoms with Crippen molar-refractivity contribution in [2.45, 2.75) is 72.3 Å². The van der Waals surface area contributed by atoms with Gasteiger partial charge >= 0.3 is 5.97 Å². The Labute approximate surface area is 111 Å². The third-order valence-corrected chi connectivity index (χ3v) is 5.78. The summed E-state index contributed by atoms with van der Waals surface area (Å²) in [6.45, 7) is 8.70. The van der Waals surface area contributed by atoms with Crippen molar-refractivity contribution >= 4 is 5.97 Å². The fraction of sp³-hybridized carbons (Fsp3) is 0.938. The standard InChI is InChI=1S/C16H28O2/c1-5-11(2)13-8-9-14-15(18-12(3)17)7-6-10-16(13,14)4/h11,13-15H,5-10H2,1-4H3/t11?,13?,14?,15-,16+/m0/s1. The molecule has 0 aromatic rings. The first-order valence-corrected chi connectivity index (χ1v) is 7.66. The number of rotatable bonds is 3. The van der Waals surface area contributed by atoms with Gasteiger partial charge in [0, 0.05) is 12.8 Å². The Morgan fingerprint density at radius 1 is 1.39 bits per heavy atom. The van der Waals surface area contributed by atoms with Gasteiger partial charge in [-0.3, -0.25) is 4.79 Å². The van der Waals surface area contributed by atoms with Gasteiger partial charge in [0.05, 0.1) is 0 Å². The van der Waals surface area contributed by atoms with Crippen molar-refractivity contribution in [3.63, 3.8) is 0 Å². The zero-order chi connectivity index (χ0) is 13.3. The van der Waals surface area contributed by atoms with E-state index in [0.717, 1.165) is 18.3 Å². The number of carbonyl (C=O) groups excluding carboxylic acids is 1. The molecular weight excluding hydrogens is 224 g/mol. The average Bonchev–Trinajstić information content (AvgIpc) is 2.66. The van der Waals surface area contributed by atoms with Gasteiger partial charge in [-0.15, -0.1) is 0 Å². The highest BCUT2D eigenvalue weighted by Gasteiger charge is 2.53. The van der Waals surface area contributed by atoms with Gasteiger partial charge in [0.15, 0.2) is 0 Å². The third kappa shape index (κ3) is 2.31. The van der Waals surface area contributed by atoms with Crippen LogP contribution < -0.4 is 0 Å². The third-order valence-electron chi connectivity index (χ3n) is 5.78. The Bertz CT molecular complexity index is 312. The Hall–Kier alpha value is -0.530. The lowest BCUT2D eigenvalue weighted by atomic mass is 9.61. The van der Waals surface area contributed by atoms with E-state index in [2.05, 4.69) is 20.8 Å². The summed E-state index contributed by atoms with van der Waals surface area (Å²) in [5.41, 5.74) is 0.411. The highest BCUT2D eigenvalue weighted by atomic mass is 16.5. The van der Waals surface area contributed by atoms with Gasteiger partial charge in [-0.2, -0.15) is 0 Å². The van der Waals surface area contributed by atoms with E-state index in [-0.39, 0.29) is 12.1 Å². The molecule has 18 heavy (non-hydrogen) atoms. The van der Waals surface area contributed by atoms with Gasteiger partial charge < -0.3 is 4.74 Å². The van der Waals surface area contributed by atoms with Crippen LogP contribution in [0.15, 0.2) is 0 Å². The second-order valence-corrected chi connectivity index (χ2v) is 6.72. The molecule has 2 aliphatic carbocycles. The van der Waals surface area contributed by atoms with Crippen LogP contribution in [0.1, 0.15) is 66.2 Å². The fourth-order valence-electron chi connectivity index (χ4n) is 4.73. The summed E-state index contributed by atoms with van der Waals surface area (Å²) in [6.07, 6.45) is 7.66. The number of hydrogen-bond acceptors (Lipinski definition) is 2. The van der Waals surface area contributed by atoms with Crippen molar-refractivity contribution in [3.05, 3.63) is 0 Å². The van der Waals surface area contributed by atoms with E-state index in [1.54, 1.807) is 6.92 Å². The Morgan fingerprint density at radius 2 is 2.11 bits per heavy atom. The average molecular weight is 252 g/mol. The molecule has 0 aromatic carbocycles. The van der Waals surface area contributed by atoms with Gasteiger partial charge in [0.1, 0.15) is 6.10 Å². The molecule has 0 aromatic heterocycles. The zero-order valence-corrected chi connectivity index (χ0v) is 12.4. The smallest absolute Gasteiger partial charge is 0.302 e. The topological polar surface area (TPSA) is 26.3 Å². The summed E-state index contributed by atoms with van der Waals surface area (Å²) in [6, 6.07) is 0. The molecule has 2 aliphatic rings. The fourth-order valence-corrected chi connectivity index (χ4v) is 4.73. The maximum Gasteiger partial charge on any atom is 0.302 e. The Kier molecular flexibility index (Phi) is 4.03. The lowest BCUT2D eigenvalue weighted by Crippen LogP contribution is -2.43. The molecule has 2 saturated carbocycles. The molecule has 5 atom stereocenters. The molecule has 2 nitrogen and oxygen atoms in total. The molecule has 0 amide bonds. The van der Waals surface area contributed by atoms with E-state index in [0.29, 0.717) is 11.3 Å². The second kappa shape index (κ2) is 5.22. The van der Waals surface area contributed by atoms with Crippen LogP contribution in [0.25, 0.3) is 0 Å². The van der Waals surface area contributed by atoms with E-state index >= 15 is 0 Å². The van der Waals surface area contributed by atoms with Crippen LogP contribution in [-0.2, 0) is 9.53 Å². The van der Waals surface area contributed by atoms with Gasteiger partial charge in [0.25, 0.3) is 0 Å². The quantitative estimate of drug-likeness (QED) is 0.704. The summed E-state index contributed by atoms with van der Waals surface area (Å²) >= 11 is 0. The molecule has 0 radical (unpaired) electrons. The molecule has 0 aliphatic heterocycles. The molecule has 0 saturated heterocycles. The Balaban J connectivity index is 2.15. The van der Waals surface area contributed by atoms with Crippen LogP contribution in [0.5, 0.6) is 0 Å². The minimum Gasteiger partial charge on any atom is -0.462 e. The highest BCUT2D eigenvalue weighted by molar-refractivity contribution is 5.66. The largest absolute Gasteiger partial charge is 0.462 e. The molecule has 2 rings (SSSR count). The maximum atomic E-state index is 11.3. The van der Waals surface area contributed by atoms with Gasteiger partial charge in [-0.05, 0) is 49.4 Å². The van der Waals surface area contributed by atoms with Crippen molar-refractivity contribution < 1.29 is 9.53 Å². The Morgan fingerprint density at radius 3 is 2.72 bits per heavy atom. The monoisotopic (exact) mass is 252 g/mol. The van der Waals surface area contributed by atoms with Crippen molar-refractivity contribution in [2.24, 2.45) is 23.2 Å². The molecule has 0 spiro atoms. The second-order valence-electron chi connectivity index (χ2n) is 6.72. The zero-order valence-electron chi connectivity index (χ0n) is 12.4. The van der Waals surface area contributed by atoms with Crippen molar-refractivity contribution in [2.75, 3.05) is 0 Å². The van der Waals surface area contributed by atoms with E-state index < -0.39 is 0 Å². The van der Waals surface area contributed by atoms with E-state index in [1.165, 1.54) is 32.1 Å². The van der Waals surface area contributed by atoms with E-state index in [1.807, 2.05) is 0 Å². The van der Waals surface area contributed by atoms with Crippen LogP contribution in [0.2, 0.25) is 0 Å². The van der Waals surface area contributed by atoms with Crippen molar-refractivity contribution in [1.29, 1.82) is 0 Å². The van der Waals surface area contributed by atoms with E-state index in [9.17, 15) is 4.79 Å². The predicted molar refractivity (Wildman–Crippen MR) is 73.2 cm³/mol. The number of fused-ring (bicyclic) bond motifs is 1. The van der Waals surface area contributed by atoms with E-state index in [4.69, 9.17) is 4.74 Å². The van der Waals surface area contributed by atoms with Gasteiger partial charge in [0.2, 0.25) is 0 Å². The van der Waals surface area contributed by atoms with Crippen LogP contribution >= 0.6 is 0 Å².